The van der Waals surface area contributed by atoms with Gasteiger partial charge in [0, 0.05) is 43.1 Å². The molecular weight excluding hydrogens is 596 g/mol. The van der Waals surface area contributed by atoms with E-state index >= 15 is 0 Å². The summed E-state index contributed by atoms with van der Waals surface area (Å²) < 4.78 is 5.81. The number of rotatable bonds is 13. The summed E-state index contributed by atoms with van der Waals surface area (Å²) in [7, 11) is 1.72. The van der Waals surface area contributed by atoms with E-state index in [1.165, 1.54) is 16.7 Å². The summed E-state index contributed by atoms with van der Waals surface area (Å²) in [6.45, 7) is 6.54. The van der Waals surface area contributed by atoms with Crippen molar-refractivity contribution in [2.45, 2.75) is 63.2 Å². The third-order valence-corrected chi connectivity index (χ3v) is 10.4. The average Bonchev–Trinajstić information content (AvgIpc) is 3.12. The SMILES string of the molecule is COc1ccc(C(C)C)cc1CN[C@H]1[C@H]2CCN(C[C@@H]2C(=O)NC(Cc2ccccc2)C(N)=O)[C@@H]1C(c1ccccc1)c1ccccc1. The van der Waals surface area contributed by atoms with Crippen LogP contribution < -0.4 is 21.1 Å². The van der Waals surface area contributed by atoms with Crippen LogP contribution >= 0.6 is 0 Å². The second-order valence-electron chi connectivity index (χ2n) is 13.6. The molecule has 7 nitrogen and oxygen atoms in total. The van der Waals surface area contributed by atoms with Gasteiger partial charge in [0.2, 0.25) is 11.8 Å². The van der Waals surface area contributed by atoms with E-state index in [2.05, 4.69) is 108 Å². The van der Waals surface area contributed by atoms with Crippen molar-refractivity contribution >= 4 is 11.8 Å². The first-order valence-electron chi connectivity index (χ1n) is 17.2. The van der Waals surface area contributed by atoms with Crippen LogP contribution in [0.4, 0.5) is 0 Å². The number of nitrogens with one attached hydrogen (secondary N) is 2. The minimum atomic E-state index is -0.776. The van der Waals surface area contributed by atoms with Crippen LogP contribution in [0.1, 0.15) is 59.9 Å². The molecule has 48 heavy (non-hydrogen) atoms. The lowest BCUT2D eigenvalue weighted by Crippen LogP contribution is -2.69. The summed E-state index contributed by atoms with van der Waals surface area (Å²) in [5.74, 6) is 0.475. The molecule has 3 fully saturated rings. The molecule has 6 atom stereocenters. The summed E-state index contributed by atoms with van der Waals surface area (Å²) in [6.07, 6.45) is 1.25. The Kier molecular flexibility index (Phi) is 10.6. The van der Waals surface area contributed by atoms with Crippen molar-refractivity contribution in [1.29, 1.82) is 0 Å². The predicted octanol–water partition coefficient (Wildman–Crippen LogP) is 5.64. The molecule has 4 N–H and O–H groups in total. The quantitative estimate of drug-likeness (QED) is 0.175. The number of hydrogen-bond donors (Lipinski definition) is 3. The monoisotopic (exact) mass is 644 g/mol. The summed E-state index contributed by atoms with van der Waals surface area (Å²) >= 11 is 0. The van der Waals surface area contributed by atoms with Crippen molar-refractivity contribution < 1.29 is 14.3 Å². The van der Waals surface area contributed by atoms with Gasteiger partial charge in [-0.1, -0.05) is 117 Å². The Balaban J connectivity index is 1.34. The van der Waals surface area contributed by atoms with Gasteiger partial charge in [-0.05, 0) is 53.1 Å². The van der Waals surface area contributed by atoms with Crippen LogP contribution in [0, 0.1) is 11.8 Å². The van der Waals surface area contributed by atoms with Crippen LogP contribution in [0.2, 0.25) is 0 Å². The number of fused-ring (bicyclic) bond motifs is 3. The Bertz CT molecular complexity index is 1620. The maximum atomic E-state index is 14.2. The number of nitrogens with two attached hydrogens (primary N) is 1. The van der Waals surface area contributed by atoms with E-state index in [9.17, 15) is 9.59 Å². The lowest BCUT2D eigenvalue weighted by atomic mass is 9.66. The number of ether oxygens (including phenoxy) is 1. The molecule has 4 aromatic rings. The molecule has 2 bridgehead atoms. The second kappa shape index (κ2) is 15.2. The molecule has 0 aromatic heterocycles. The Morgan fingerprint density at radius 2 is 1.50 bits per heavy atom. The fraction of sp³-hybridized carbons (Fsp3) is 0.366. The average molecular weight is 645 g/mol. The molecule has 7 heteroatoms. The van der Waals surface area contributed by atoms with Gasteiger partial charge in [-0.2, -0.15) is 0 Å². The maximum Gasteiger partial charge on any atom is 0.240 e. The van der Waals surface area contributed by atoms with Gasteiger partial charge in [0.05, 0.1) is 13.0 Å². The van der Waals surface area contributed by atoms with Crippen molar-refractivity contribution in [3.8, 4) is 5.75 Å². The van der Waals surface area contributed by atoms with Gasteiger partial charge in [-0.25, -0.2) is 0 Å². The fourth-order valence-corrected chi connectivity index (χ4v) is 7.93. The number of piperidine rings is 3. The van der Waals surface area contributed by atoms with Gasteiger partial charge in [0.1, 0.15) is 11.8 Å². The van der Waals surface area contributed by atoms with E-state index in [1.807, 2.05) is 30.3 Å². The van der Waals surface area contributed by atoms with Gasteiger partial charge >= 0.3 is 0 Å². The number of carbonyl (C=O) groups excluding carboxylic acids is 2. The zero-order chi connectivity index (χ0) is 33.6. The van der Waals surface area contributed by atoms with Gasteiger partial charge < -0.3 is 21.1 Å². The van der Waals surface area contributed by atoms with Crippen LogP contribution in [0.3, 0.4) is 0 Å². The molecule has 2 amide bonds. The number of hydrogen-bond acceptors (Lipinski definition) is 5. The molecule has 250 valence electrons. The Morgan fingerprint density at radius 1 is 0.875 bits per heavy atom. The Labute approximate surface area is 284 Å². The van der Waals surface area contributed by atoms with E-state index in [-0.39, 0.29) is 35.7 Å². The first kappa shape index (κ1) is 33.4. The minimum absolute atomic E-state index is 0.0118. The standard InChI is InChI=1S/C41H48N4O3/c1-27(2)31-19-20-36(48-3)32(24-31)25-43-38-33-21-22-45(39(38)37(29-15-9-5-10-16-29)30-17-11-6-12-18-30)26-34(33)41(47)44-35(40(42)46)23-28-13-7-4-8-14-28/h4-20,24,27,33-35,37-39,43H,21-23,25-26H2,1-3H3,(H2,42,46)(H,44,47)/t33-,34-,35?,38-,39+/m0/s1. The molecule has 3 saturated heterocycles. The molecule has 2 unspecified atom stereocenters. The third-order valence-electron chi connectivity index (χ3n) is 10.4. The summed E-state index contributed by atoms with van der Waals surface area (Å²) in [4.78, 5) is 29.2. The van der Waals surface area contributed by atoms with Crippen molar-refractivity contribution in [3.05, 3.63) is 137 Å². The van der Waals surface area contributed by atoms with Crippen molar-refractivity contribution in [2.24, 2.45) is 17.6 Å². The van der Waals surface area contributed by atoms with Crippen LogP contribution in [-0.4, -0.2) is 55.0 Å². The Morgan fingerprint density at radius 3 is 2.08 bits per heavy atom. The lowest BCUT2D eigenvalue weighted by molar-refractivity contribution is -0.138. The number of carbonyl (C=O) groups is 2. The predicted molar refractivity (Wildman–Crippen MR) is 191 cm³/mol. The van der Waals surface area contributed by atoms with Crippen LogP contribution in [0.5, 0.6) is 5.75 Å². The number of nitrogens with zero attached hydrogens (tertiary/aromatic N) is 1. The number of amides is 2. The number of methoxy groups -OCH3 is 1. The van der Waals surface area contributed by atoms with Crippen LogP contribution in [0.15, 0.2) is 109 Å². The lowest BCUT2D eigenvalue weighted by Gasteiger charge is -2.56. The molecule has 0 spiro atoms. The largest absolute Gasteiger partial charge is 0.496 e. The van der Waals surface area contributed by atoms with E-state index in [0.717, 1.165) is 29.8 Å². The third kappa shape index (κ3) is 7.33. The molecule has 7 rings (SSSR count). The van der Waals surface area contributed by atoms with Gasteiger partial charge in [-0.15, -0.1) is 0 Å². The number of benzene rings is 4. The van der Waals surface area contributed by atoms with Crippen molar-refractivity contribution in [2.75, 3.05) is 20.2 Å². The van der Waals surface area contributed by atoms with E-state index in [1.54, 1.807) is 7.11 Å². The maximum absolute atomic E-state index is 14.2. The molecule has 3 aliphatic rings. The first-order valence-corrected chi connectivity index (χ1v) is 17.2. The molecule has 3 heterocycles. The first-order chi connectivity index (χ1) is 23.3. The zero-order valence-corrected chi connectivity index (χ0v) is 28.2. The molecule has 3 aliphatic heterocycles. The smallest absolute Gasteiger partial charge is 0.240 e. The molecule has 0 aliphatic carbocycles. The molecule has 0 radical (unpaired) electrons. The van der Waals surface area contributed by atoms with Crippen LogP contribution in [0.25, 0.3) is 0 Å². The second-order valence-corrected chi connectivity index (χ2v) is 13.6. The topological polar surface area (TPSA) is 96.7 Å². The van der Waals surface area contributed by atoms with Gasteiger partial charge in [0.15, 0.2) is 0 Å². The van der Waals surface area contributed by atoms with E-state index in [4.69, 9.17) is 10.5 Å². The van der Waals surface area contributed by atoms with Crippen molar-refractivity contribution in [1.82, 2.24) is 15.5 Å². The summed E-state index contributed by atoms with van der Waals surface area (Å²) in [5.41, 5.74) is 11.7. The molecule has 0 saturated carbocycles. The minimum Gasteiger partial charge on any atom is -0.496 e. The summed E-state index contributed by atoms with van der Waals surface area (Å²) in [6, 6.07) is 36.9. The van der Waals surface area contributed by atoms with Crippen molar-refractivity contribution in [3.63, 3.8) is 0 Å². The van der Waals surface area contributed by atoms with Crippen LogP contribution in [-0.2, 0) is 22.6 Å². The normalized spacial score (nSPS) is 22.4. The van der Waals surface area contributed by atoms with Gasteiger partial charge in [0.25, 0.3) is 0 Å². The zero-order valence-electron chi connectivity index (χ0n) is 28.2. The Hall–Kier alpha value is -4.46. The fourth-order valence-electron chi connectivity index (χ4n) is 7.93. The van der Waals surface area contributed by atoms with Gasteiger partial charge in [-0.3, -0.25) is 14.5 Å². The highest BCUT2D eigenvalue weighted by molar-refractivity contribution is 5.88. The number of primary amides is 1. The highest BCUT2D eigenvalue weighted by Crippen LogP contribution is 2.44. The van der Waals surface area contributed by atoms with E-state index in [0.29, 0.717) is 25.4 Å². The summed E-state index contributed by atoms with van der Waals surface area (Å²) in [5, 5.41) is 7.06. The van der Waals surface area contributed by atoms with E-state index < -0.39 is 11.9 Å². The highest BCUT2D eigenvalue weighted by atomic mass is 16.5. The molecule has 4 aromatic carbocycles. The molecular formula is C41H48N4O3. The highest BCUT2D eigenvalue weighted by Gasteiger charge is 2.52.